The molecule has 1 N–H and O–H groups in total. The van der Waals surface area contributed by atoms with Gasteiger partial charge in [-0.05, 0) is 60.2 Å². The van der Waals surface area contributed by atoms with Gasteiger partial charge in [-0.2, -0.15) is 9.50 Å². The molecule has 5 rings (SSSR count). The van der Waals surface area contributed by atoms with Crippen molar-refractivity contribution in [1.82, 2.24) is 19.6 Å². The van der Waals surface area contributed by atoms with Gasteiger partial charge < -0.3 is 14.8 Å². The normalized spacial score (nSPS) is 11.5. The maximum Gasteiger partial charge on any atom is 0.291 e. The van der Waals surface area contributed by atoms with E-state index in [0.29, 0.717) is 32.5 Å². The second kappa shape index (κ2) is 9.74. The molecule has 3 heterocycles. The van der Waals surface area contributed by atoms with Gasteiger partial charge in [-0.1, -0.05) is 23.5 Å². The number of nitrogens with one attached hydrogen (secondary N) is 1. The van der Waals surface area contributed by atoms with Crippen LogP contribution in [0, 0.1) is 0 Å². The number of benzene rings is 2. The predicted octanol–water partition coefficient (Wildman–Crippen LogP) is 2.79. The van der Waals surface area contributed by atoms with Crippen molar-refractivity contribution in [2.75, 3.05) is 19.0 Å². The highest BCUT2D eigenvalue weighted by atomic mass is 32.1. The van der Waals surface area contributed by atoms with Crippen LogP contribution in [0.5, 0.6) is 11.5 Å². The molecule has 0 unspecified atom stereocenters. The highest BCUT2D eigenvalue weighted by Crippen LogP contribution is 2.17. The number of aromatic nitrogens is 4. The zero-order chi connectivity index (χ0) is 24.2. The molecular weight excluding hydrogens is 466 g/mol. The summed E-state index contributed by atoms with van der Waals surface area (Å²) in [7, 11) is 1.58. The summed E-state index contributed by atoms with van der Waals surface area (Å²) in [6, 6.07) is 17.8. The first kappa shape index (κ1) is 22.2. The predicted molar refractivity (Wildman–Crippen MR) is 133 cm³/mol. The van der Waals surface area contributed by atoms with Crippen LogP contribution < -0.4 is 24.9 Å². The Balaban J connectivity index is 1.29. The molecule has 0 aliphatic heterocycles. The number of anilines is 1. The maximum absolute atomic E-state index is 12.8. The van der Waals surface area contributed by atoms with Gasteiger partial charge in [-0.15, -0.1) is 5.10 Å². The van der Waals surface area contributed by atoms with Gasteiger partial charge in [0.15, 0.2) is 12.4 Å². The minimum absolute atomic E-state index is 0.156. The largest absolute Gasteiger partial charge is 0.497 e. The van der Waals surface area contributed by atoms with Crippen LogP contribution in [-0.4, -0.2) is 39.2 Å². The van der Waals surface area contributed by atoms with Crippen LogP contribution in [0.3, 0.4) is 0 Å². The Labute approximate surface area is 203 Å². The summed E-state index contributed by atoms with van der Waals surface area (Å²) < 4.78 is 12.5. The van der Waals surface area contributed by atoms with Crippen LogP contribution in [0.15, 0.2) is 77.9 Å². The molecule has 0 aliphatic rings. The van der Waals surface area contributed by atoms with Gasteiger partial charge in [0.2, 0.25) is 4.96 Å². The summed E-state index contributed by atoms with van der Waals surface area (Å²) in [5.41, 5.74) is 1.95. The number of nitrogens with zero attached hydrogens (tertiary/aromatic N) is 4. The molecule has 0 radical (unpaired) electrons. The van der Waals surface area contributed by atoms with Gasteiger partial charge in [0.25, 0.3) is 11.5 Å². The fraction of sp³-hybridized carbons (Fsp3) is 0.0800. The summed E-state index contributed by atoms with van der Waals surface area (Å²) in [5.74, 6) is 1.40. The number of pyridine rings is 1. The molecule has 2 aromatic carbocycles. The molecule has 0 saturated heterocycles. The summed E-state index contributed by atoms with van der Waals surface area (Å²) in [4.78, 5) is 34.0. The monoisotopic (exact) mass is 485 g/mol. The lowest BCUT2D eigenvalue weighted by molar-refractivity contribution is -0.118. The fourth-order valence-electron chi connectivity index (χ4n) is 3.32. The molecule has 5 aromatic rings. The highest BCUT2D eigenvalue weighted by molar-refractivity contribution is 7.15. The van der Waals surface area contributed by atoms with Crippen molar-refractivity contribution in [3.63, 3.8) is 0 Å². The van der Waals surface area contributed by atoms with Crippen molar-refractivity contribution in [3.8, 4) is 22.9 Å². The van der Waals surface area contributed by atoms with E-state index in [0.717, 1.165) is 11.1 Å². The Hall–Kier alpha value is -4.57. The number of ether oxygens (including phenoxy) is 2. The number of rotatable bonds is 7. The zero-order valence-electron chi connectivity index (χ0n) is 18.5. The standard InChI is InChI=1S/C25H19N5O4S/c1-33-19-7-5-18(6-8-19)27-22(31)15-34-20-4-2-3-16(13-20)14-21-24(32)30-25(35-21)28-23(29-30)17-9-11-26-12-10-17/h2-14H,15H2,1H3,(H,27,31)/b21-14-. The number of amides is 1. The number of carbonyl (C=O) groups is 1. The number of thiazole rings is 1. The summed E-state index contributed by atoms with van der Waals surface area (Å²) in [6.45, 7) is -0.156. The molecule has 9 nitrogen and oxygen atoms in total. The van der Waals surface area contributed by atoms with Crippen LogP contribution >= 0.6 is 11.3 Å². The van der Waals surface area contributed by atoms with Crippen LogP contribution in [-0.2, 0) is 4.79 Å². The van der Waals surface area contributed by atoms with Crippen molar-refractivity contribution in [2.24, 2.45) is 0 Å². The quantitative estimate of drug-likeness (QED) is 0.378. The minimum atomic E-state index is -0.290. The van der Waals surface area contributed by atoms with Crippen LogP contribution in [0.25, 0.3) is 22.4 Å². The molecule has 174 valence electrons. The third-order valence-electron chi connectivity index (χ3n) is 5.02. The fourth-order valence-corrected chi connectivity index (χ4v) is 4.23. The van der Waals surface area contributed by atoms with E-state index in [4.69, 9.17) is 9.47 Å². The molecule has 0 saturated carbocycles. The van der Waals surface area contributed by atoms with Crippen LogP contribution in [0.1, 0.15) is 5.56 Å². The third-order valence-corrected chi connectivity index (χ3v) is 5.98. The molecule has 0 fully saturated rings. The lowest BCUT2D eigenvalue weighted by Gasteiger charge is -2.08. The number of hydrogen-bond acceptors (Lipinski definition) is 8. The summed E-state index contributed by atoms with van der Waals surface area (Å²) in [5, 5.41) is 7.10. The zero-order valence-corrected chi connectivity index (χ0v) is 19.4. The van der Waals surface area contributed by atoms with Gasteiger partial charge in [0.1, 0.15) is 11.5 Å². The molecular formula is C25H19N5O4S. The Morgan fingerprint density at radius 3 is 2.63 bits per heavy atom. The number of hydrogen-bond donors (Lipinski definition) is 1. The highest BCUT2D eigenvalue weighted by Gasteiger charge is 2.12. The minimum Gasteiger partial charge on any atom is -0.497 e. The SMILES string of the molecule is COc1ccc(NC(=O)COc2cccc(/C=c3\sc4nc(-c5ccncc5)nn4c3=O)c2)cc1. The lowest BCUT2D eigenvalue weighted by atomic mass is 10.2. The Morgan fingerprint density at radius 2 is 1.89 bits per heavy atom. The van der Waals surface area contributed by atoms with Gasteiger partial charge in [-0.3, -0.25) is 14.6 Å². The van der Waals surface area contributed by atoms with Crippen molar-refractivity contribution in [3.05, 3.63) is 93.5 Å². The third kappa shape index (κ3) is 5.02. The van der Waals surface area contributed by atoms with Crippen LogP contribution in [0.4, 0.5) is 5.69 Å². The molecule has 3 aromatic heterocycles. The Morgan fingerprint density at radius 1 is 1.09 bits per heavy atom. The molecule has 0 spiro atoms. The molecule has 0 aliphatic carbocycles. The lowest BCUT2D eigenvalue weighted by Crippen LogP contribution is -2.23. The van der Waals surface area contributed by atoms with Crippen molar-refractivity contribution >= 4 is 34.0 Å². The topological polar surface area (TPSA) is 108 Å². The molecule has 1 amide bonds. The molecule has 0 atom stereocenters. The smallest absolute Gasteiger partial charge is 0.291 e. The van der Waals surface area contributed by atoms with Gasteiger partial charge in [0, 0.05) is 23.6 Å². The van der Waals surface area contributed by atoms with Gasteiger partial charge >= 0.3 is 0 Å². The average Bonchev–Trinajstić information content (AvgIpc) is 3.43. The van der Waals surface area contributed by atoms with E-state index in [-0.39, 0.29) is 18.1 Å². The van der Waals surface area contributed by atoms with E-state index >= 15 is 0 Å². The van der Waals surface area contributed by atoms with E-state index in [1.807, 2.05) is 6.07 Å². The second-order valence-corrected chi connectivity index (χ2v) is 8.43. The van der Waals surface area contributed by atoms with Crippen LogP contribution in [0.2, 0.25) is 0 Å². The van der Waals surface area contributed by atoms with E-state index in [1.54, 1.807) is 80.2 Å². The Bertz CT molecular complexity index is 1600. The van der Waals surface area contributed by atoms with Crippen molar-refractivity contribution in [2.45, 2.75) is 0 Å². The summed E-state index contributed by atoms with van der Waals surface area (Å²) in [6.07, 6.45) is 5.05. The van der Waals surface area contributed by atoms with Crippen molar-refractivity contribution < 1.29 is 14.3 Å². The molecule has 35 heavy (non-hydrogen) atoms. The first-order chi connectivity index (χ1) is 17.1. The molecule has 0 bridgehead atoms. The number of carbonyl (C=O) groups excluding carboxylic acids is 1. The van der Waals surface area contributed by atoms with E-state index in [2.05, 4.69) is 20.4 Å². The van der Waals surface area contributed by atoms with E-state index < -0.39 is 0 Å². The average molecular weight is 486 g/mol. The summed E-state index contributed by atoms with van der Waals surface area (Å²) >= 11 is 1.25. The van der Waals surface area contributed by atoms with Gasteiger partial charge in [-0.25, -0.2) is 0 Å². The molecule has 10 heteroatoms. The first-order valence-corrected chi connectivity index (χ1v) is 11.4. The first-order valence-electron chi connectivity index (χ1n) is 10.6. The number of methoxy groups -OCH3 is 1. The Kier molecular flexibility index (Phi) is 6.18. The van der Waals surface area contributed by atoms with E-state index in [9.17, 15) is 9.59 Å². The maximum atomic E-state index is 12.8. The number of fused-ring (bicyclic) bond motifs is 1. The second-order valence-electron chi connectivity index (χ2n) is 7.42. The van der Waals surface area contributed by atoms with E-state index in [1.165, 1.54) is 15.9 Å². The van der Waals surface area contributed by atoms with Gasteiger partial charge in [0.05, 0.1) is 11.6 Å². The van der Waals surface area contributed by atoms with Crippen molar-refractivity contribution in [1.29, 1.82) is 0 Å².